The van der Waals surface area contributed by atoms with Crippen molar-refractivity contribution in [2.24, 2.45) is 5.84 Å². The predicted octanol–water partition coefficient (Wildman–Crippen LogP) is 0.322. The largest absolute Gasteiger partial charge is 0.466 e. The summed E-state index contributed by atoms with van der Waals surface area (Å²) in [6.45, 7) is 0. The molecule has 9 heteroatoms. The lowest BCUT2D eigenvalue weighted by Gasteiger charge is -2.00. The Morgan fingerprint density at radius 3 is 1.73 bits per heavy atom. The Morgan fingerprint density at radius 1 is 1.20 bits per heavy atom. The van der Waals surface area contributed by atoms with Crippen molar-refractivity contribution in [3.05, 3.63) is 29.8 Å². The molecule has 0 bridgehead atoms. The Morgan fingerprint density at radius 2 is 1.53 bits per heavy atom. The average molecular weight is 242 g/mol. The SMILES string of the molecule is NNc1c(F)cccc1F.O=P(O)(O)O. The van der Waals surface area contributed by atoms with Gasteiger partial charge in [0.15, 0.2) is 11.6 Å². The number of hydrazine groups is 1. The van der Waals surface area contributed by atoms with Crippen LogP contribution in [0.2, 0.25) is 0 Å². The summed E-state index contributed by atoms with van der Waals surface area (Å²) in [6.07, 6.45) is 0. The molecule has 86 valence electrons. The molecule has 0 spiro atoms. The minimum Gasteiger partial charge on any atom is -0.319 e. The van der Waals surface area contributed by atoms with Crippen LogP contribution in [0.4, 0.5) is 14.5 Å². The second-order valence-electron chi connectivity index (χ2n) is 2.25. The van der Waals surface area contributed by atoms with E-state index in [2.05, 4.69) is 0 Å². The minimum absolute atomic E-state index is 0.303. The second kappa shape index (κ2) is 5.74. The molecule has 0 unspecified atom stereocenters. The Bertz CT molecular complexity index is 342. The molecule has 0 saturated heterocycles. The van der Waals surface area contributed by atoms with Crippen molar-refractivity contribution in [3.8, 4) is 0 Å². The van der Waals surface area contributed by atoms with Crippen molar-refractivity contribution >= 4 is 13.5 Å². The Hall–Kier alpha value is -1.05. The minimum atomic E-state index is -4.64. The van der Waals surface area contributed by atoms with E-state index in [1.54, 1.807) is 0 Å². The third-order valence-corrected chi connectivity index (χ3v) is 1.11. The van der Waals surface area contributed by atoms with Crippen LogP contribution in [-0.4, -0.2) is 14.7 Å². The molecular weight excluding hydrogens is 233 g/mol. The van der Waals surface area contributed by atoms with Gasteiger partial charge in [0.2, 0.25) is 0 Å². The van der Waals surface area contributed by atoms with Gasteiger partial charge in [-0.2, -0.15) is 0 Å². The number of nitrogens with two attached hydrogens (primary N) is 1. The summed E-state index contributed by atoms with van der Waals surface area (Å²) < 4.78 is 33.8. The Labute approximate surface area is 83.6 Å². The molecule has 0 saturated carbocycles. The summed E-state index contributed by atoms with van der Waals surface area (Å²) in [5.74, 6) is 3.44. The highest BCUT2D eigenvalue weighted by Gasteiger charge is 2.04. The van der Waals surface area contributed by atoms with Crippen LogP contribution in [0.1, 0.15) is 0 Å². The number of halogens is 2. The smallest absolute Gasteiger partial charge is 0.319 e. The van der Waals surface area contributed by atoms with Crippen LogP contribution >= 0.6 is 7.82 Å². The van der Waals surface area contributed by atoms with E-state index in [1.807, 2.05) is 5.43 Å². The quantitative estimate of drug-likeness (QED) is 0.275. The van der Waals surface area contributed by atoms with Crippen LogP contribution in [0, 0.1) is 11.6 Å². The lowest BCUT2D eigenvalue weighted by molar-refractivity contribution is 0.275. The van der Waals surface area contributed by atoms with Crippen molar-refractivity contribution in [1.82, 2.24) is 0 Å². The standard InChI is InChI=1S/C6H6F2N2.H3O4P/c7-4-2-1-3-5(8)6(4)10-9;1-5(2,3)4/h1-3,10H,9H2;(H3,1,2,3,4). The van der Waals surface area contributed by atoms with Gasteiger partial charge in [-0.1, -0.05) is 6.07 Å². The van der Waals surface area contributed by atoms with Gasteiger partial charge in [-0.05, 0) is 12.1 Å². The lowest BCUT2D eigenvalue weighted by Crippen LogP contribution is -2.10. The van der Waals surface area contributed by atoms with E-state index in [0.717, 1.165) is 12.1 Å². The molecule has 1 aromatic rings. The second-order valence-corrected chi connectivity index (χ2v) is 3.28. The van der Waals surface area contributed by atoms with Crippen molar-refractivity contribution < 1.29 is 28.0 Å². The fourth-order valence-corrected chi connectivity index (χ4v) is 0.636. The third-order valence-electron chi connectivity index (χ3n) is 1.11. The van der Waals surface area contributed by atoms with Crippen molar-refractivity contribution in [3.63, 3.8) is 0 Å². The zero-order valence-electron chi connectivity index (χ0n) is 7.26. The van der Waals surface area contributed by atoms with Gasteiger partial charge in [-0.25, -0.2) is 13.3 Å². The van der Waals surface area contributed by atoms with Gasteiger partial charge in [0.25, 0.3) is 0 Å². The predicted molar refractivity (Wildman–Crippen MR) is 48.4 cm³/mol. The van der Waals surface area contributed by atoms with Crippen LogP contribution in [0.15, 0.2) is 18.2 Å². The zero-order chi connectivity index (χ0) is 12.1. The molecule has 0 heterocycles. The van der Waals surface area contributed by atoms with E-state index in [4.69, 9.17) is 25.1 Å². The number of anilines is 1. The van der Waals surface area contributed by atoms with Crippen LogP contribution in [0.3, 0.4) is 0 Å². The number of phosphoric acid groups is 1. The lowest BCUT2D eigenvalue weighted by atomic mass is 10.3. The zero-order valence-corrected chi connectivity index (χ0v) is 8.16. The molecule has 1 rings (SSSR count). The average Bonchev–Trinajstić information content (AvgIpc) is 2.01. The van der Waals surface area contributed by atoms with E-state index >= 15 is 0 Å². The van der Waals surface area contributed by atoms with Crippen LogP contribution in [0.5, 0.6) is 0 Å². The molecule has 0 aliphatic heterocycles. The van der Waals surface area contributed by atoms with Crippen molar-refractivity contribution in [2.45, 2.75) is 0 Å². The van der Waals surface area contributed by atoms with E-state index in [9.17, 15) is 8.78 Å². The number of rotatable bonds is 1. The summed E-state index contributed by atoms with van der Waals surface area (Å²) in [5, 5.41) is 0. The first-order valence-electron chi connectivity index (χ1n) is 3.44. The number of nitrogens with one attached hydrogen (secondary N) is 1. The third kappa shape index (κ3) is 6.95. The molecule has 6 N–H and O–H groups in total. The fourth-order valence-electron chi connectivity index (χ4n) is 0.636. The summed E-state index contributed by atoms with van der Waals surface area (Å²) in [4.78, 5) is 21.6. The van der Waals surface area contributed by atoms with Gasteiger partial charge in [0.05, 0.1) is 0 Å². The summed E-state index contributed by atoms with van der Waals surface area (Å²) in [6, 6.07) is 3.52. The maximum atomic E-state index is 12.5. The first-order valence-corrected chi connectivity index (χ1v) is 5.01. The van der Waals surface area contributed by atoms with Crippen LogP contribution < -0.4 is 11.3 Å². The van der Waals surface area contributed by atoms with Crippen molar-refractivity contribution in [2.75, 3.05) is 5.43 Å². The van der Waals surface area contributed by atoms with Crippen LogP contribution in [-0.2, 0) is 4.57 Å². The summed E-state index contributed by atoms with van der Waals surface area (Å²) >= 11 is 0. The number of para-hydroxylation sites is 1. The molecule has 15 heavy (non-hydrogen) atoms. The van der Waals surface area contributed by atoms with Gasteiger partial charge in [0, 0.05) is 0 Å². The molecule has 0 aromatic heterocycles. The first kappa shape index (κ1) is 13.9. The highest BCUT2D eigenvalue weighted by Crippen LogP contribution is 2.25. The molecule has 0 amide bonds. The maximum Gasteiger partial charge on any atom is 0.466 e. The Balaban J connectivity index is 0.000000336. The normalized spacial score (nSPS) is 10.3. The molecular formula is C6H9F2N2O4P. The van der Waals surface area contributed by atoms with Gasteiger partial charge in [-0.15, -0.1) is 0 Å². The summed E-state index contributed by atoms with van der Waals surface area (Å²) in [5.41, 5.74) is 1.61. The number of nitrogen functional groups attached to an aromatic ring is 1. The first-order chi connectivity index (χ1) is 6.75. The van der Waals surface area contributed by atoms with E-state index in [-0.39, 0.29) is 5.69 Å². The number of benzene rings is 1. The van der Waals surface area contributed by atoms with Gasteiger partial charge in [0.1, 0.15) is 5.69 Å². The van der Waals surface area contributed by atoms with Crippen LogP contribution in [0.25, 0.3) is 0 Å². The van der Waals surface area contributed by atoms with Gasteiger partial charge in [-0.3, -0.25) is 5.84 Å². The maximum absolute atomic E-state index is 12.5. The van der Waals surface area contributed by atoms with E-state index in [1.165, 1.54) is 6.07 Å². The molecule has 0 aliphatic rings. The molecule has 0 radical (unpaired) electrons. The number of hydrogen-bond donors (Lipinski definition) is 5. The number of hydrogen-bond acceptors (Lipinski definition) is 3. The van der Waals surface area contributed by atoms with Gasteiger partial charge >= 0.3 is 7.82 Å². The fraction of sp³-hybridized carbons (Fsp3) is 0. The summed E-state index contributed by atoms with van der Waals surface area (Å²) in [7, 11) is -4.64. The monoisotopic (exact) mass is 242 g/mol. The molecule has 6 nitrogen and oxygen atoms in total. The Kier molecular flexibility index (Phi) is 5.34. The molecule has 0 atom stereocenters. The molecule has 1 aromatic carbocycles. The topological polar surface area (TPSA) is 116 Å². The highest BCUT2D eigenvalue weighted by molar-refractivity contribution is 7.45. The van der Waals surface area contributed by atoms with Gasteiger partial charge < -0.3 is 20.1 Å². The van der Waals surface area contributed by atoms with Crippen molar-refractivity contribution in [1.29, 1.82) is 0 Å². The highest BCUT2D eigenvalue weighted by atomic mass is 31.2. The molecule has 0 fully saturated rings. The van der Waals surface area contributed by atoms with E-state index < -0.39 is 19.5 Å². The van der Waals surface area contributed by atoms with E-state index in [0.29, 0.717) is 0 Å². The molecule has 0 aliphatic carbocycles.